The van der Waals surface area contributed by atoms with Crippen molar-refractivity contribution >= 4 is 5.82 Å². The summed E-state index contributed by atoms with van der Waals surface area (Å²) in [5.41, 5.74) is 2.36. The molecule has 1 atom stereocenters. The molecule has 3 rings (SSSR count). The van der Waals surface area contributed by atoms with Crippen LogP contribution in [0.15, 0.2) is 36.5 Å². The molecule has 0 bridgehead atoms. The summed E-state index contributed by atoms with van der Waals surface area (Å²) in [5, 5.41) is 3.53. The van der Waals surface area contributed by atoms with Crippen molar-refractivity contribution < 1.29 is 9.47 Å². The van der Waals surface area contributed by atoms with Crippen molar-refractivity contribution in [1.82, 2.24) is 10.3 Å². The van der Waals surface area contributed by atoms with Crippen LogP contribution in [0.1, 0.15) is 31.0 Å². The van der Waals surface area contributed by atoms with Crippen LogP contribution in [0, 0.1) is 0 Å². The van der Waals surface area contributed by atoms with Gasteiger partial charge in [-0.1, -0.05) is 12.1 Å². The standard InChI is InChI=1S/C19H25N3O2/c1-4-22(3)19-8-5-15(13-21-19)12-20-14(2)16-6-7-17-18(11-16)24-10-9-23-17/h5-8,11,13-14,20H,4,9-10,12H2,1-3H3/t14-/m0/s1. The lowest BCUT2D eigenvalue weighted by Gasteiger charge is -2.21. The van der Waals surface area contributed by atoms with Crippen molar-refractivity contribution in [3.05, 3.63) is 47.7 Å². The van der Waals surface area contributed by atoms with Crippen LogP contribution in [0.25, 0.3) is 0 Å². The summed E-state index contributed by atoms with van der Waals surface area (Å²) < 4.78 is 11.2. The van der Waals surface area contributed by atoms with Gasteiger partial charge in [-0.25, -0.2) is 4.98 Å². The molecule has 128 valence electrons. The van der Waals surface area contributed by atoms with Gasteiger partial charge in [0.2, 0.25) is 0 Å². The Morgan fingerprint density at radius 3 is 2.67 bits per heavy atom. The largest absolute Gasteiger partial charge is 0.486 e. The second-order valence-corrected chi connectivity index (χ2v) is 6.04. The Balaban J connectivity index is 1.60. The Kier molecular flexibility index (Phi) is 5.20. The van der Waals surface area contributed by atoms with Crippen LogP contribution in [0.3, 0.4) is 0 Å². The van der Waals surface area contributed by atoms with Crippen LogP contribution in [-0.2, 0) is 6.54 Å². The molecule has 1 aliphatic rings. The summed E-state index contributed by atoms with van der Waals surface area (Å²) in [6, 6.07) is 10.5. The number of anilines is 1. The maximum atomic E-state index is 5.66. The molecule has 5 heteroatoms. The molecule has 0 saturated carbocycles. The number of nitrogens with one attached hydrogen (secondary N) is 1. The fourth-order valence-electron chi connectivity index (χ4n) is 2.63. The van der Waals surface area contributed by atoms with Gasteiger partial charge in [-0.15, -0.1) is 0 Å². The molecular formula is C19H25N3O2. The molecular weight excluding hydrogens is 302 g/mol. The van der Waals surface area contributed by atoms with E-state index in [0.717, 1.165) is 30.4 Å². The van der Waals surface area contributed by atoms with Crippen LogP contribution in [0.4, 0.5) is 5.82 Å². The maximum Gasteiger partial charge on any atom is 0.161 e. The quantitative estimate of drug-likeness (QED) is 0.883. The molecule has 5 nitrogen and oxygen atoms in total. The highest BCUT2D eigenvalue weighted by Crippen LogP contribution is 2.32. The summed E-state index contributed by atoms with van der Waals surface area (Å²) in [4.78, 5) is 6.63. The van der Waals surface area contributed by atoms with E-state index in [4.69, 9.17) is 9.47 Å². The molecule has 0 spiro atoms. The Morgan fingerprint density at radius 2 is 1.96 bits per heavy atom. The Bertz CT molecular complexity index is 673. The van der Waals surface area contributed by atoms with Gasteiger partial charge in [0.25, 0.3) is 0 Å². The van der Waals surface area contributed by atoms with Crippen LogP contribution in [0.2, 0.25) is 0 Å². The van der Waals surface area contributed by atoms with E-state index in [2.05, 4.69) is 53.3 Å². The highest BCUT2D eigenvalue weighted by molar-refractivity contribution is 5.44. The van der Waals surface area contributed by atoms with E-state index in [0.29, 0.717) is 13.2 Å². The molecule has 1 aromatic carbocycles. The molecule has 0 radical (unpaired) electrons. The van der Waals surface area contributed by atoms with E-state index >= 15 is 0 Å². The third-order valence-corrected chi connectivity index (χ3v) is 4.35. The van der Waals surface area contributed by atoms with Crippen LogP contribution in [0.5, 0.6) is 11.5 Å². The van der Waals surface area contributed by atoms with Crippen LogP contribution < -0.4 is 19.7 Å². The number of benzene rings is 1. The Labute approximate surface area is 143 Å². The van der Waals surface area contributed by atoms with Crippen molar-refractivity contribution in [2.24, 2.45) is 0 Å². The zero-order valence-corrected chi connectivity index (χ0v) is 14.6. The van der Waals surface area contributed by atoms with Crippen LogP contribution >= 0.6 is 0 Å². The highest BCUT2D eigenvalue weighted by Gasteiger charge is 2.14. The molecule has 1 aromatic heterocycles. The maximum absolute atomic E-state index is 5.66. The second-order valence-electron chi connectivity index (χ2n) is 6.04. The fraction of sp³-hybridized carbons (Fsp3) is 0.421. The van der Waals surface area contributed by atoms with E-state index in [1.54, 1.807) is 0 Å². The zero-order chi connectivity index (χ0) is 16.9. The first-order valence-corrected chi connectivity index (χ1v) is 8.46. The minimum Gasteiger partial charge on any atom is -0.486 e. The van der Waals surface area contributed by atoms with Gasteiger partial charge in [0.1, 0.15) is 19.0 Å². The molecule has 0 amide bonds. The van der Waals surface area contributed by atoms with Gasteiger partial charge in [0.15, 0.2) is 11.5 Å². The first kappa shape index (κ1) is 16.6. The predicted octanol–water partition coefficient (Wildman–Crippen LogP) is 3.16. The van der Waals surface area contributed by atoms with E-state index in [1.807, 2.05) is 19.3 Å². The summed E-state index contributed by atoms with van der Waals surface area (Å²) in [6.07, 6.45) is 1.94. The number of hydrogen-bond donors (Lipinski definition) is 1. The van der Waals surface area contributed by atoms with Gasteiger partial charge in [-0.2, -0.15) is 0 Å². The van der Waals surface area contributed by atoms with Crippen molar-refractivity contribution in [3.63, 3.8) is 0 Å². The second kappa shape index (κ2) is 7.53. The van der Waals surface area contributed by atoms with Gasteiger partial charge in [0.05, 0.1) is 0 Å². The SMILES string of the molecule is CCN(C)c1ccc(CN[C@@H](C)c2ccc3c(c2)OCCO3)cn1. The topological polar surface area (TPSA) is 46.6 Å². The van der Waals surface area contributed by atoms with Crippen molar-refractivity contribution in [1.29, 1.82) is 0 Å². The smallest absolute Gasteiger partial charge is 0.161 e. The molecule has 0 unspecified atom stereocenters. The summed E-state index contributed by atoms with van der Waals surface area (Å²) in [7, 11) is 2.05. The molecule has 24 heavy (non-hydrogen) atoms. The van der Waals surface area contributed by atoms with Gasteiger partial charge < -0.3 is 19.7 Å². The molecule has 1 aliphatic heterocycles. The number of aromatic nitrogens is 1. The number of pyridine rings is 1. The lowest BCUT2D eigenvalue weighted by molar-refractivity contribution is 0.171. The van der Waals surface area contributed by atoms with Gasteiger partial charge in [-0.3, -0.25) is 0 Å². The van der Waals surface area contributed by atoms with Crippen molar-refractivity contribution in [2.45, 2.75) is 26.4 Å². The van der Waals surface area contributed by atoms with E-state index < -0.39 is 0 Å². The minimum absolute atomic E-state index is 0.221. The van der Waals surface area contributed by atoms with Crippen molar-refractivity contribution in [3.8, 4) is 11.5 Å². The summed E-state index contributed by atoms with van der Waals surface area (Å²) >= 11 is 0. The molecule has 0 aliphatic carbocycles. The van der Waals surface area contributed by atoms with Gasteiger partial charge >= 0.3 is 0 Å². The van der Waals surface area contributed by atoms with E-state index in [9.17, 15) is 0 Å². The normalized spacial score (nSPS) is 14.3. The minimum atomic E-state index is 0.221. The number of nitrogens with zero attached hydrogens (tertiary/aromatic N) is 2. The molecule has 0 saturated heterocycles. The molecule has 2 aromatic rings. The zero-order valence-electron chi connectivity index (χ0n) is 14.6. The molecule has 2 heterocycles. The number of fused-ring (bicyclic) bond motifs is 1. The predicted molar refractivity (Wildman–Crippen MR) is 95.9 cm³/mol. The van der Waals surface area contributed by atoms with Crippen molar-refractivity contribution in [2.75, 3.05) is 31.7 Å². The van der Waals surface area contributed by atoms with Gasteiger partial charge in [0, 0.05) is 32.4 Å². The molecule has 0 fully saturated rings. The van der Waals surface area contributed by atoms with E-state index in [1.165, 1.54) is 11.1 Å². The first-order valence-electron chi connectivity index (χ1n) is 8.46. The average molecular weight is 327 g/mol. The highest BCUT2D eigenvalue weighted by atomic mass is 16.6. The number of ether oxygens (including phenoxy) is 2. The Morgan fingerprint density at radius 1 is 1.17 bits per heavy atom. The third kappa shape index (κ3) is 3.79. The number of rotatable bonds is 6. The van der Waals surface area contributed by atoms with Crippen LogP contribution in [-0.4, -0.2) is 31.8 Å². The Hall–Kier alpha value is -2.27. The lowest BCUT2D eigenvalue weighted by Crippen LogP contribution is -2.20. The summed E-state index contributed by atoms with van der Waals surface area (Å²) in [6.45, 7) is 7.23. The lowest BCUT2D eigenvalue weighted by atomic mass is 10.1. The number of hydrogen-bond acceptors (Lipinski definition) is 5. The average Bonchev–Trinajstić information content (AvgIpc) is 2.65. The third-order valence-electron chi connectivity index (χ3n) is 4.35. The van der Waals surface area contributed by atoms with E-state index in [-0.39, 0.29) is 6.04 Å². The first-order chi connectivity index (χ1) is 11.7. The summed E-state index contributed by atoms with van der Waals surface area (Å²) in [5.74, 6) is 2.67. The monoisotopic (exact) mass is 327 g/mol. The van der Waals surface area contributed by atoms with Gasteiger partial charge in [-0.05, 0) is 43.2 Å². The fourth-order valence-corrected chi connectivity index (χ4v) is 2.63. The molecule has 1 N–H and O–H groups in total.